The molecule has 2 N–H and O–H groups in total. The fraction of sp³-hybridized carbons (Fsp3) is 0.278. The highest BCUT2D eigenvalue weighted by Gasteiger charge is 2.09. The Labute approximate surface area is 150 Å². The third-order valence-electron chi connectivity index (χ3n) is 3.51. The van der Waals surface area contributed by atoms with Crippen molar-refractivity contribution in [3.05, 3.63) is 53.0 Å². The first-order valence-electron chi connectivity index (χ1n) is 7.64. The van der Waals surface area contributed by atoms with Crippen LogP contribution in [0.25, 0.3) is 0 Å². The molecule has 0 aliphatic carbocycles. The predicted molar refractivity (Wildman–Crippen MR) is 98.7 cm³/mol. The molecule has 0 bridgehead atoms. The van der Waals surface area contributed by atoms with Gasteiger partial charge in [-0.1, -0.05) is 15.9 Å². The standard InChI is InChI=1S/C18H21BrN2O3/c1-23-16-8-4-15(5-9-16)21(11-10-18(20)22)12-13-24-17-6-2-14(19)3-7-17/h2-9H,10-13H2,1H3,(H2,20,22). The molecule has 2 aromatic rings. The van der Waals surface area contributed by atoms with Crippen LogP contribution in [0.1, 0.15) is 6.42 Å². The molecule has 0 saturated carbocycles. The van der Waals surface area contributed by atoms with Crippen molar-refractivity contribution >= 4 is 27.5 Å². The monoisotopic (exact) mass is 392 g/mol. The largest absolute Gasteiger partial charge is 0.497 e. The summed E-state index contributed by atoms with van der Waals surface area (Å²) in [5, 5.41) is 0. The van der Waals surface area contributed by atoms with Crippen molar-refractivity contribution in [1.29, 1.82) is 0 Å². The first-order valence-corrected chi connectivity index (χ1v) is 8.43. The maximum Gasteiger partial charge on any atom is 0.219 e. The lowest BCUT2D eigenvalue weighted by Crippen LogP contribution is -2.31. The maximum atomic E-state index is 11.1. The van der Waals surface area contributed by atoms with E-state index in [1.54, 1.807) is 7.11 Å². The van der Waals surface area contributed by atoms with E-state index in [1.807, 2.05) is 48.5 Å². The smallest absolute Gasteiger partial charge is 0.219 e. The lowest BCUT2D eigenvalue weighted by atomic mass is 10.2. The number of methoxy groups -OCH3 is 1. The molecule has 0 aliphatic heterocycles. The molecule has 0 saturated heterocycles. The Morgan fingerprint density at radius 1 is 1.04 bits per heavy atom. The lowest BCUT2D eigenvalue weighted by Gasteiger charge is -2.24. The van der Waals surface area contributed by atoms with Gasteiger partial charge in [0.25, 0.3) is 0 Å². The van der Waals surface area contributed by atoms with Gasteiger partial charge in [0.15, 0.2) is 0 Å². The predicted octanol–water partition coefficient (Wildman–Crippen LogP) is 3.22. The number of amides is 1. The van der Waals surface area contributed by atoms with Crippen molar-refractivity contribution in [2.24, 2.45) is 5.73 Å². The summed E-state index contributed by atoms with van der Waals surface area (Å²) in [5.41, 5.74) is 6.27. The number of nitrogens with zero attached hydrogens (tertiary/aromatic N) is 1. The summed E-state index contributed by atoms with van der Waals surface area (Å²) in [4.78, 5) is 13.2. The van der Waals surface area contributed by atoms with Gasteiger partial charge in [-0.15, -0.1) is 0 Å². The highest BCUT2D eigenvalue weighted by molar-refractivity contribution is 9.10. The van der Waals surface area contributed by atoms with Crippen LogP contribution in [0, 0.1) is 0 Å². The van der Waals surface area contributed by atoms with E-state index in [0.717, 1.165) is 21.7 Å². The molecule has 128 valence electrons. The van der Waals surface area contributed by atoms with Gasteiger partial charge in [-0.05, 0) is 48.5 Å². The van der Waals surface area contributed by atoms with E-state index >= 15 is 0 Å². The van der Waals surface area contributed by atoms with E-state index in [1.165, 1.54) is 0 Å². The van der Waals surface area contributed by atoms with Crippen LogP contribution in [0.4, 0.5) is 5.69 Å². The first kappa shape index (κ1) is 18.1. The summed E-state index contributed by atoms with van der Waals surface area (Å²) < 4.78 is 11.9. The van der Waals surface area contributed by atoms with E-state index in [4.69, 9.17) is 15.2 Å². The Hall–Kier alpha value is -2.21. The fourth-order valence-electron chi connectivity index (χ4n) is 2.21. The molecule has 1 amide bonds. The molecular formula is C18H21BrN2O3. The topological polar surface area (TPSA) is 64.8 Å². The van der Waals surface area contributed by atoms with Crippen molar-refractivity contribution in [2.45, 2.75) is 6.42 Å². The molecule has 0 spiro atoms. The first-order chi connectivity index (χ1) is 11.6. The molecule has 0 unspecified atom stereocenters. The van der Waals surface area contributed by atoms with Gasteiger partial charge in [-0.3, -0.25) is 4.79 Å². The van der Waals surface area contributed by atoms with Crippen LogP contribution in [0.15, 0.2) is 53.0 Å². The van der Waals surface area contributed by atoms with Gasteiger partial charge in [0, 0.05) is 23.1 Å². The minimum atomic E-state index is -0.317. The summed E-state index contributed by atoms with van der Waals surface area (Å²) in [5.74, 6) is 1.28. The molecule has 24 heavy (non-hydrogen) atoms. The highest BCUT2D eigenvalue weighted by atomic mass is 79.9. The Morgan fingerprint density at radius 3 is 2.25 bits per heavy atom. The van der Waals surface area contributed by atoms with E-state index in [-0.39, 0.29) is 5.91 Å². The van der Waals surface area contributed by atoms with E-state index < -0.39 is 0 Å². The molecule has 0 atom stereocenters. The zero-order chi connectivity index (χ0) is 17.4. The number of benzene rings is 2. The second-order valence-corrected chi connectivity index (χ2v) is 6.12. The van der Waals surface area contributed by atoms with Crippen LogP contribution in [0.5, 0.6) is 11.5 Å². The molecule has 6 heteroatoms. The van der Waals surface area contributed by atoms with Gasteiger partial charge in [0.05, 0.1) is 13.7 Å². The quantitative estimate of drug-likeness (QED) is 0.711. The van der Waals surface area contributed by atoms with Crippen LogP contribution in [-0.4, -0.2) is 32.7 Å². The van der Waals surface area contributed by atoms with Crippen LogP contribution in [0.2, 0.25) is 0 Å². The number of carbonyl (C=O) groups is 1. The molecule has 2 aromatic carbocycles. The zero-order valence-corrected chi connectivity index (χ0v) is 15.2. The van der Waals surface area contributed by atoms with Crippen LogP contribution in [0.3, 0.4) is 0 Å². The number of ether oxygens (including phenoxy) is 2. The zero-order valence-electron chi connectivity index (χ0n) is 13.6. The third kappa shape index (κ3) is 5.77. The molecule has 0 radical (unpaired) electrons. The Balaban J connectivity index is 1.96. The third-order valence-corrected chi connectivity index (χ3v) is 4.04. The molecule has 0 heterocycles. The van der Waals surface area contributed by atoms with Gasteiger partial charge in [-0.25, -0.2) is 0 Å². The second kappa shape index (κ2) is 9.17. The van der Waals surface area contributed by atoms with Crippen LogP contribution in [-0.2, 0) is 4.79 Å². The van der Waals surface area contributed by atoms with Crippen molar-refractivity contribution in [1.82, 2.24) is 0 Å². The number of hydrogen-bond acceptors (Lipinski definition) is 4. The molecule has 5 nitrogen and oxygen atoms in total. The minimum Gasteiger partial charge on any atom is -0.497 e. The fourth-order valence-corrected chi connectivity index (χ4v) is 2.48. The van der Waals surface area contributed by atoms with Gasteiger partial charge in [-0.2, -0.15) is 0 Å². The number of rotatable bonds is 9. The van der Waals surface area contributed by atoms with Crippen molar-refractivity contribution in [3.8, 4) is 11.5 Å². The minimum absolute atomic E-state index is 0.296. The molecule has 0 aromatic heterocycles. The molecular weight excluding hydrogens is 372 g/mol. The number of hydrogen-bond donors (Lipinski definition) is 1. The molecule has 0 fully saturated rings. The number of anilines is 1. The number of carbonyl (C=O) groups excluding carboxylic acids is 1. The van der Waals surface area contributed by atoms with Crippen molar-refractivity contribution in [2.75, 3.05) is 31.7 Å². The van der Waals surface area contributed by atoms with E-state index in [0.29, 0.717) is 26.1 Å². The highest BCUT2D eigenvalue weighted by Crippen LogP contribution is 2.20. The van der Waals surface area contributed by atoms with Crippen molar-refractivity contribution in [3.63, 3.8) is 0 Å². The van der Waals surface area contributed by atoms with E-state index in [2.05, 4.69) is 20.8 Å². The Kier molecular flexibility index (Phi) is 6.93. The SMILES string of the molecule is COc1ccc(N(CCOc2ccc(Br)cc2)CCC(N)=O)cc1. The summed E-state index contributed by atoms with van der Waals surface area (Å²) in [7, 11) is 1.63. The summed E-state index contributed by atoms with van der Waals surface area (Å²) >= 11 is 3.40. The van der Waals surface area contributed by atoms with Crippen LogP contribution >= 0.6 is 15.9 Å². The van der Waals surface area contributed by atoms with Gasteiger partial charge < -0.3 is 20.1 Å². The summed E-state index contributed by atoms with van der Waals surface area (Å²) in [6, 6.07) is 15.4. The average molecular weight is 393 g/mol. The maximum absolute atomic E-state index is 11.1. The average Bonchev–Trinajstić information content (AvgIpc) is 2.59. The number of halogens is 1. The van der Waals surface area contributed by atoms with Gasteiger partial charge in [0.1, 0.15) is 18.1 Å². The normalized spacial score (nSPS) is 10.2. The Bertz CT molecular complexity index is 644. The lowest BCUT2D eigenvalue weighted by molar-refractivity contribution is -0.117. The summed E-state index contributed by atoms with van der Waals surface area (Å²) in [6.07, 6.45) is 0.296. The second-order valence-electron chi connectivity index (χ2n) is 5.20. The van der Waals surface area contributed by atoms with Crippen LogP contribution < -0.4 is 20.1 Å². The Morgan fingerprint density at radius 2 is 1.67 bits per heavy atom. The van der Waals surface area contributed by atoms with Gasteiger partial charge >= 0.3 is 0 Å². The van der Waals surface area contributed by atoms with Crippen molar-refractivity contribution < 1.29 is 14.3 Å². The number of primary amides is 1. The number of nitrogens with two attached hydrogens (primary N) is 1. The molecule has 0 aliphatic rings. The van der Waals surface area contributed by atoms with E-state index in [9.17, 15) is 4.79 Å². The molecule has 2 rings (SSSR count). The van der Waals surface area contributed by atoms with Gasteiger partial charge in [0.2, 0.25) is 5.91 Å². The summed E-state index contributed by atoms with van der Waals surface area (Å²) in [6.45, 7) is 1.70.